The maximum absolute atomic E-state index is 13.3. The lowest BCUT2D eigenvalue weighted by atomic mass is 9.76. The van der Waals surface area contributed by atoms with Crippen molar-refractivity contribution in [2.24, 2.45) is 0 Å². The van der Waals surface area contributed by atoms with Gasteiger partial charge in [-0.2, -0.15) is 10.1 Å². The molecule has 3 heterocycles. The van der Waals surface area contributed by atoms with E-state index < -0.39 is 5.41 Å². The van der Waals surface area contributed by atoms with Crippen LogP contribution >= 0.6 is 0 Å². The van der Waals surface area contributed by atoms with E-state index in [-0.39, 0.29) is 11.7 Å². The topological polar surface area (TPSA) is 86.3 Å². The number of methoxy groups -OCH3 is 1. The molecule has 0 spiro atoms. The Morgan fingerprint density at radius 1 is 1.29 bits per heavy atom. The molecule has 1 saturated heterocycles. The SMILES string of the molecule is CCn1nccc1C(=O)N1CCCC(CCOC)(c2noc(-c3ccc(F)cc3)n2)C1. The molecule has 9 heteroatoms. The molecular weight excluding hydrogens is 401 g/mol. The molecule has 1 aliphatic heterocycles. The number of ether oxygens (including phenoxy) is 1. The van der Waals surface area contributed by atoms with Crippen molar-refractivity contribution in [2.45, 2.75) is 38.1 Å². The molecule has 1 atom stereocenters. The number of benzene rings is 1. The summed E-state index contributed by atoms with van der Waals surface area (Å²) >= 11 is 0. The molecule has 1 unspecified atom stereocenters. The zero-order chi connectivity index (χ0) is 21.8. The average molecular weight is 427 g/mol. The maximum atomic E-state index is 13.3. The molecule has 31 heavy (non-hydrogen) atoms. The largest absolute Gasteiger partial charge is 0.385 e. The van der Waals surface area contributed by atoms with Crippen molar-refractivity contribution >= 4 is 5.91 Å². The van der Waals surface area contributed by atoms with Gasteiger partial charge in [0.15, 0.2) is 5.82 Å². The Balaban J connectivity index is 1.63. The van der Waals surface area contributed by atoms with E-state index in [9.17, 15) is 9.18 Å². The predicted octanol–water partition coefficient (Wildman–Crippen LogP) is 3.30. The van der Waals surface area contributed by atoms with E-state index in [1.165, 1.54) is 12.1 Å². The standard InChI is InChI=1S/C22H26FN5O3/c1-3-28-18(9-12-24-28)20(29)27-13-4-10-22(15-27,11-14-30-2)21-25-19(31-26-21)16-5-7-17(23)8-6-16/h5-9,12H,3-4,10-11,13-15H2,1-2H3. The summed E-state index contributed by atoms with van der Waals surface area (Å²) in [6, 6.07) is 7.68. The van der Waals surface area contributed by atoms with Gasteiger partial charge in [0, 0.05) is 45.1 Å². The summed E-state index contributed by atoms with van der Waals surface area (Å²) < 4.78 is 25.8. The Kier molecular flexibility index (Phi) is 6.13. The predicted molar refractivity (Wildman–Crippen MR) is 111 cm³/mol. The zero-order valence-electron chi connectivity index (χ0n) is 17.8. The van der Waals surface area contributed by atoms with Crippen LogP contribution in [0.2, 0.25) is 0 Å². The number of aryl methyl sites for hydroxylation is 1. The molecule has 8 nitrogen and oxygen atoms in total. The van der Waals surface area contributed by atoms with Crippen molar-refractivity contribution in [3.8, 4) is 11.5 Å². The van der Waals surface area contributed by atoms with Crippen LogP contribution in [0.3, 0.4) is 0 Å². The van der Waals surface area contributed by atoms with Gasteiger partial charge in [-0.1, -0.05) is 5.16 Å². The summed E-state index contributed by atoms with van der Waals surface area (Å²) in [5.74, 6) is 0.501. The molecule has 3 aromatic rings. The molecular formula is C22H26FN5O3. The van der Waals surface area contributed by atoms with Crippen molar-refractivity contribution in [3.63, 3.8) is 0 Å². The molecule has 4 rings (SSSR count). The quantitative estimate of drug-likeness (QED) is 0.575. The van der Waals surface area contributed by atoms with Crippen LogP contribution in [0.25, 0.3) is 11.5 Å². The molecule has 0 radical (unpaired) electrons. The molecule has 1 aromatic carbocycles. The van der Waals surface area contributed by atoms with Gasteiger partial charge in [0.05, 0.1) is 5.41 Å². The lowest BCUT2D eigenvalue weighted by Gasteiger charge is -2.40. The number of nitrogens with zero attached hydrogens (tertiary/aromatic N) is 5. The van der Waals surface area contributed by atoms with Crippen LogP contribution in [0.4, 0.5) is 4.39 Å². The number of likely N-dealkylation sites (tertiary alicyclic amines) is 1. The van der Waals surface area contributed by atoms with Gasteiger partial charge in [0.1, 0.15) is 11.5 Å². The highest BCUT2D eigenvalue weighted by molar-refractivity contribution is 5.92. The van der Waals surface area contributed by atoms with Crippen molar-refractivity contribution < 1.29 is 18.4 Å². The van der Waals surface area contributed by atoms with Crippen molar-refractivity contribution in [3.05, 3.63) is 53.9 Å². The van der Waals surface area contributed by atoms with E-state index in [0.717, 1.165) is 12.8 Å². The lowest BCUT2D eigenvalue weighted by Crippen LogP contribution is -2.50. The van der Waals surface area contributed by atoms with E-state index in [2.05, 4.69) is 15.2 Å². The number of amides is 1. The fraction of sp³-hybridized carbons (Fsp3) is 0.455. The number of rotatable bonds is 7. The summed E-state index contributed by atoms with van der Waals surface area (Å²) in [5, 5.41) is 8.48. The first kappa shape index (κ1) is 21.2. The van der Waals surface area contributed by atoms with E-state index in [1.807, 2.05) is 11.8 Å². The molecule has 1 amide bonds. The fourth-order valence-electron chi connectivity index (χ4n) is 4.18. The van der Waals surface area contributed by atoms with Crippen LogP contribution in [0.5, 0.6) is 0 Å². The third-order valence-corrected chi connectivity index (χ3v) is 5.88. The molecule has 0 bridgehead atoms. The molecule has 0 aliphatic carbocycles. The second kappa shape index (κ2) is 8.97. The van der Waals surface area contributed by atoms with Crippen LogP contribution in [0.1, 0.15) is 42.5 Å². The molecule has 1 fully saturated rings. The number of hydrogen-bond donors (Lipinski definition) is 0. The summed E-state index contributed by atoms with van der Waals surface area (Å²) in [5.41, 5.74) is 0.741. The van der Waals surface area contributed by atoms with Gasteiger partial charge in [-0.3, -0.25) is 9.48 Å². The number of hydrogen-bond acceptors (Lipinski definition) is 6. The summed E-state index contributed by atoms with van der Waals surface area (Å²) in [6.07, 6.45) is 3.93. The number of piperidine rings is 1. The second-order valence-corrected chi connectivity index (χ2v) is 7.82. The van der Waals surface area contributed by atoms with E-state index in [0.29, 0.717) is 55.6 Å². The van der Waals surface area contributed by atoms with Crippen molar-refractivity contribution in [2.75, 3.05) is 26.8 Å². The van der Waals surface area contributed by atoms with E-state index in [4.69, 9.17) is 9.26 Å². The third-order valence-electron chi connectivity index (χ3n) is 5.88. The highest BCUT2D eigenvalue weighted by Gasteiger charge is 2.42. The highest BCUT2D eigenvalue weighted by Crippen LogP contribution is 2.37. The van der Waals surface area contributed by atoms with Gasteiger partial charge in [0.25, 0.3) is 11.8 Å². The molecule has 0 saturated carbocycles. The Morgan fingerprint density at radius 3 is 2.84 bits per heavy atom. The first-order valence-electron chi connectivity index (χ1n) is 10.5. The third kappa shape index (κ3) is 4.23. The Hall–Kier alpha value is -3.07. The number of carbonyl (C=O) groups excluding carboxylic acids is 1. The lowest BCUT2D eigenvalue weighted by molar-refractivity contribution is 0.0555. The first-order chi connectivity index (χ1) is 15.1. The zero-order valence-corrected chi connectivity index (χ0v) is 17.8. The second-order valence-electron chi connectivity index (χ2n) is 7.82. The highest BCUT2D eigenvalue weighted by atomic mass is 19.1. The Morgan fingerprint density at radius 2 is 2.10 bits per heavy atom. The average Bonchev–Trinajstić information content (AvgIpc) is 3.48. The Bertz CT molecular complexity index is 1030. The summed E-state index contributed by atoms with van der Waals surface area (Å²) in [7, 11) is 1.65. The summed E-state index contributed by atoms with van der Waals surface area (Å²) in [6.45, 7) is 4.22. The van der Waals surface area contributed by atoms with Gasteiger partial charge in [-0.15, -0.1) is 0 Å². The molecule has 164 valence electrons. The maximum Gasteiger partial charge on any atom is 0.272 e. The van der Waals surface area contributed by atoms with Crippen LogP contribution in [0.15, 0.2) is 41.1 Å². The first-order valence-corrected chi connectivity index (χ1v) is 10.5. The monoisotopic (exact) mass is 427 g/mol. The minimum absolute atomic E-state index is 0.0527. The number of carbonyl (C=O) groups is 1. The van der Waals surface area contributed by atoms with Gasteiger partial charge in [0.2, 0.25) is 0 Å². The van der Waals surface area contributed by atoms with Crippen LogP contribution in [0, 0.1) is 5.82 Å². The van der Waals surface area contributed by atoms with Crippen LogP contribution < -0.4 is 0 Å². The fourth-order valence-corrected chi connectivity index (χ4v) is 4.18. The number of halogens is 1. The normalized spacial score (nSPS) is 19.0. The van der Waals surface area contributed by atoms with Gasteiger partial charge >= 0.3 is 0 Å². The molecule has 2 aromatic heterocycles. The van der Waals surface area contributed by atoms with Gasteiger partial charge in [-0.05, 0) is 56.5 Å². The van der Waals surface area contributed by atoms with E-state index in [1.54, 1.807) is 36.2 Å². The minimum atomic E-state index is -0.483. The van der Waals surface area contributed by atoms with Crippen LogP contribution in [-0.4, -0.2) is 57.5 Å². The van der Waals surface area contributed by atoms with Gasteiger partial charge < -0.3 is 14.2 Å². The van der Waals surface area contributed by atoms with Crippen molar-refractivity contribution in [1.29, 1.82) is 0 Å². The number of aromatic nitrogens is 4. The van der Waals surface area contributed by atoms with E-state index >= 15 is 0 Å². The van der Waals surface area contributed by atoms with Crippen LogP contribution in [-0.2, 0) is 16.7 Å². The minimum Gasteiger partial charge on any atom is -0.385 e. The van der Waals surface area contributed by atoms with Crippen molar-refractivity contribution in [1.82, 2.24) is 24.8 Å². The molecule has 1 aliphatic rings. The smallest absolute Gasteiger partial charge is 0.272 e. The summed E-state index contributed by atoms with van der Waals surface area (Å²) in [4.78, 5) is 19.7. The Labute approximate surface area is 180 Å². The molecule has 0 N–H and O–H groups in total. The van der Waals surface area contributed by atoms with Gasteiger partial charge in [-0.25, -0.2) is 4.39 Å².